The fourth-order valence-corrected chi connectivity index (χ4v) is 2.05. The Balaban J connectivity index is 0.000000677. The van der Waals surface area contributed by atoms with E-state index in [1.807, 2.05) is 32.4 Å². The molecule has 0 aliphatic heterocycles. The average molecular weight is 288 g/mol. The van der Waals surface area contributed by atoms with Crippen LogP contribution in [0.3, 0.4) is 0 Å². The molecular formula is C16H20N2O3. The van der Waals surface area contributed by atoms with E-state index in [1.165, 1.54) is 5.56 Å². The van der Waals surface area contributed by atoms with Crippen molar-refractivity contribution in [3.8, 4) is 11.1 Å². The zero-order valence-corrected chi connectivity index (χ0v) is 12.2. The van der Waals surface area contributed by atoms with Gasteiger partial charge in [0.15, 0.2) is 0 Å². The molecule has 5 nitrogen and oxygen atoms in total. The van der Waals surface area contributed by atoms with Crippen LogP contribution in [0.2, 0.25) is 0 Å². The maximum absolute atomic E-state index is 9.50. The highest BCUT2D eigenvalue weighted by molar-refractivity contribution is 5.66. The topological polar surface area (TPSA) is 73.7 Å². The van der Waals surface area contributed by atoms with Crippen molar-refractivity contribution in [2.24, 2.45) is 0 Å². The lowest BCUT2D eigenvalue weighted by molar-refractivity contribution is -0.122. The normalized spacial score (nSPS) is 9.90. The quantitative estimate of drug-likeness (QED) is 0.842. The lowest BCUT2D eigenvalue weighted by Crippen LogP contribution is -2.10. The van der Waals surface area contributed by atoms with E-state index in [0.29, 0.717) is 0 Å². The third-order valence-corrected chi connectivity index (χ3v) is 2.81. The van der Waals surface area contributed by atoms with Gasteiger partial charge in [-0.15, -0.1) is 0 Å². The van der Waals surface area contributed by atoms with Gasteiger partial charge in [-0.2, -0.15) is 0 Å². The number of aliphatic hydroxyl groups excluding tert-OH is 1. The van der Waals surface area contributed by atoms with Crippen LogP contribution in [-0.4, -0.2) is 40.7 Å². The number of hydrogen-bond donors (Lipinski definition) is 2. The number of aliphatic hydroxyl groups is 1. The predicted octanol–water partition coefficient (Wildman–Crippen LogP) is 2.00. The van der Waals surface area contributed by atoms with Crippen LogP contribution in [0, 0.1) is 0 Å². The van der Waals surface area contributed by atoms with Crippen LogP contribution >= 0.6 is 0 Å². The number of rotatable bonds is 4. The van der Waals surface area contributed by atoms with E-state index >= 15 is 0 Å². The minimum atomic E-state index is -0.250. The number of carboxylic acid groups (broad SMARTS) is 1. The molecule has 2 aromatic rings. The molecule has 2 N–H and O–H groups in total. The molecule has 21 heavy (non-hydrogen) atoms. The van der Waals surface area contributed by atoms with E-state index in [4.69, 9.17) is 9.90 Å². The van der Waals surface area contributed by atoms with E-state index in [1.54, 1.807) is 6.20 Å². The monoisotopic (exact) mass is 288 g/mol. The second-order valence-electron chi connectivity index (χ2n) is 4.73. The molecule has 0 fully saturated rings. The summed E-state index contributed by atoms with van der Waals surface area (Å²) in [6, 6.07) is 10.1. The van der Waals surface area contributed by atoms with Crippen molar-refractivity contribution >= 4 is 6.47 Å². The summed E-state index contributed by atoms with van der Waals surface area (Å²) < 4.78 is 0. The largest absolute Gasteiger partial charge is 0.483 e. The maximum Gasteiger partial charge on any atom is 0.290 e. The first-order valence-corrected chi connectivity index (χ1v) is 6.48. The zero-order valence-electron chi connectivity index (χ0n) is 12.2. The van der Waals surface area contributed by atoms with E-state index in [9.17, 15) is 5.11 Å². The van der Waals surface area contributed by atoms with Crippen LogP contribution in [0.5, 0.6) is 0 Å². The van der Waals surface area contributed by atoms with Gasteiger partial charge in [0, 0.05) is 24.5 Å². The van der Waals surface area contributed by atoms with Gasteiger partial charge in [0.1, 0.15) is 0 Å². The van der Waals surface area contributed by atoms with Crippen LogP contribution in [0.15, 0.2) is 42.7 Å². The van der Waals surface area contributed by atoms with Crippen molar-refractivity contribution in [2.45, 2.75) is 13.2 Å². The number of hydrogen-bond acceptors (Lipinski definition) is 4. The predicted molar refractivity (Wildman–Crippen MR) is 81.7 cm³/mol. The van der Waals surface area contributed by atoms with Gasteiger partial charge in [-0.3, -0.25) is 9.78 Å². The molecule has 1 aromatic heterocycles. The van der Waals surface area contributed by atoms with Gasteiger partial charge in [0.25, 0.3) is 6.47 Å². The highest BCUT2D eigenvalue weighted by atomic mass is 16.3. The Bertz CT molecular complexity index is 557. The summed E-state index contributed by atoms with van der Waals surface area (Å²) in [5.74, 6) is 0. The Kier molecular flexibility index (Phi) is 7.08. The lowest BCUT2D eigenvalue weighted by Gasteiger charge is -2.13. The van der Waals surface area contributed by atoms with Crippen LogP contribution in [-0.2, 0) is 17.9 Å². The fraction of sp³-hybridized carbons (Fsp3) is 0.250. The molecule has 1 aromatic carbocycles. The molecule has 5 heteroatoms. The maximum atomic E-state index is 9.50. The SMILES string of the molecule is CN(C)Cc1ccc(-c2cccnc2)c(CO)c1.O=CO. The molecule has 0 saturated carbocycles. The van der Waals surface area contributed by atoms with E-state index in [-0.39, 0.29) is 13.1 Å². The Morgan fingerprint density at radius 3 is 2.52 bits per heavy atom. The molecule has 0 aliphatic carbocycles. The number of benzene rings is 1. The Hall–Kier alpha value is -2.24. The minimum absolute atomic E-state index is 0.0471. The van der Waals surface area contributed by atoms with Crippen LogP contribution in [0.1, 0.15) is 11.1 Å². The van der Waals surface area contributed by atoms with Gasteiger partial charge >= 0.3 is 0 Å². The molecule has 0 aliphatic rings. The van der Waals surface area contributed by atoms with Crippen molar-refractivity contribution in [1.82, 2.24) is 9.88 Å². The first kappa shape index (κ1) is 16.8. The highest BCUT2D eigenvalue weighted by Gasteiger charge is 2.06. The first-order chi connectivity index (χ1) is 10.1. The van der Waals surface area contributed by atoms with Crippen molar-refractivity contribution in [1.29, 1.82) is 0 Å². The molecule has 0 radical (unpaired) electrons. The number of nitrogens with zero attached hydrogens (tertiary/aromatic N) is 2. The molecule has 2 rings (SSSR count). The van der Waals surface area contributed by atoms with Gasteiger partial charge < -0.3 is 15.1 Å². The Morgan fingerprint density at radius 2 is 2.00 bits per heavy atom. The second kappa shape index (κ2) is 8.84. The zero-order chi connectivity index (χ0) is 15.7. The number of carbonyl (C=O) groups is 1. The van der Waals surface area contributed by atoms with Gasteiger partial charge in [-0.25, -0.2) is 0 Å². The van der Waals surface area contributed by atoms with Crippen molar-refractivity contribution in [3.05, 3.63) is 53.9 Å². The third-order valence-electron chi connectivity index (χ3n) is 2.81. The standard InChI is InChI=1S/C15H18N2O.CH2O2/c1-17(2)10-12-5-6-15(14(8-12)11-18)13-4-3-7-16-9-13;2-1-3/h3-9,18H,10-11H2,1-2H3;1H,(H,2,3). The summed E-state index contributed by atoms with van der Waals surface area (Å²) in [5.41, 5.74) is 4.24. The van der Waals surface area contributed by atoms with E-state index in [0.717, 1.165) is 23.2 Å². The van der Waals surface area contributed by atoms with Gasteiger partial charge in [0.05, 0.1) is 6.61 Å². The van der Waals surface area contributed by atoms with Crippen LogP contribution in [0.25, 0.3) is 11.1 Å². The summed E-state index contributed by atoms with van der Waals surface area (Å²) in [6.45, 7) is 0.672. The summed E-state index contributed by atoms with van der Waals surface area (Å²) in [5, 5.41) is 16.4. The number of pyridine rings is 1. The molecule has 0 saturated heterocycles. The van der Waals surface area contributed by atoms with Gasteiger partial charge in [-0.1, -0.05) is 24.3 Å². The molecule has 0 atom stereocenters. The highest BCUT2D eigenvalue weighted by Crippen LogP contribution is 2.24. The van der Waals surface area contributed by atoms with Gasteiger partial charge in [0.2, 0.25) is 0 Å². The lowest BCUT2D eigenvalue weighted by atomic mass is 9.99. The Morgan fingerprint density at radius 1 is 1.29 bits per heavy atom. The summed E-state index contributed by atoms with van der Waals surface area (Å²) in [7, 11) is 4.07. The summed E-state index contributed by atoms with van der Waals surface area (Å²) in [4.78, 5) is 14.6. The van der Waals surface area contributed by atoms with Crippen molar-refractivity contribution in [3.63, 3.8) is 0 Å². The second-order valence-corrected chi connectivity index (χ2v) is 4.73. The first-order valence-electron chi connectivity index (χ1n) is 6.48. The third kappa shape index (κ3) is 5.33. The minimum Gasteiger partial charge on any atom is -0.483 e. The molecule has 1 heterocycles. The molecule has 0 unspecified atom stereocenters. The van der Waals surface area contributed by atoms with Crippen LogP contribution in [0.4, 0.5) is 0 Å². The molecular weight excluding hydrogens is 268 g/mol. The molecule has 0 amide bonds. The summed E-state index contributed by atoms with van der Waals surface area (Å²) >= 11 is 0. The van der Waals surface area contributed by atoms with Crippen molar-refractivity contribution < 1.29 is 15.0 Å². The average Bonchev–Trinajstić information content (AvgIpc) is 2.48. The van der Waals surface area contributed by atoms with Crippen LogP contribution < -0.4 is 0 Å². The van der Waals surface area contributed by atoms with Crippen molar-refractivity contribution in [2.75, 3.05) is 14.1 Å². The molecule has 0 spiro atoms. The summed E-state index contributed by atoms with van der Waals surface area (Å²) in [6.07, 6.45) is 3.57. The number of aromatic nitrogens is 1. The Labute approximate surface area is 124 Å². The molecule has 112 valence electrons. The van der Waals surface area contributed by atoms with Gasteiger partial charge in [-0.05, 0) is 36.9 Å². The smallest absolute Gasteiger partial charge is 0.290 e. The fourth-order valence-electron chi connectivity index (χ4n) is 2.05. The van der Waals surface area contributed by atoms with E-state index in [2.05, 4.69) is 28.1 Å². The molecule has 0 bridgehead atoms. The van der Waals surface area contributed by atoms with E-state index < -0.39 is 0 Å².